The van der Waals surface area contributed by atoms with Gasteiger partial charge in [0.25, 0.3) is 17.7 Å². The highest BCUT2D eigenvalue weighted by atomic mass is 32.3. The van der Waals surface area contributed by atoms with Gasteiger partial charge in [-0.15, -0.1) is 0 Å². The highest BCUT2D eigenvalue weighted by Crippen LogP contribution is 2.22. The third-order valence-electron chi connectivity index (χ3n) is 3.06. The Bertz CT molecular complexity index is 829. The van der Waals surface area contributed by atoms with Gasteiger partial charge in [0.05, 0.1) is 6.54 Å². The number of carbonyl (C=O) groups excluding carboxylic acids is 3. The molecule has 0 aromatic heterocycles. The number of benzene rings is 1. The largest absolute Gasteiger partial charge is 0.488 e. The second kappa shape index (κ2) is 6.40. The normalized spacial score (nSPS) is 14.2. The fourth-order valence-electron chi connectivity index (χ4n) is 2.07. The van der Waals surface area contributed by atoms with Crippen molar-refractivity contribution in [3.8, 4) is 5.75 Å². The summed E-state index contributed by atoms with van der Waals surface area (Å²) >= 11 is 0. The van der Waals surface area contributed by atoms with E-state index < -0.39 is 34.0 Å². The molecule has 1 aromatic rings. The van der Waals surface area contributed by atoms with Gasteiger partial charge in [-0.05, 0) is 23.8 Å². The van der Waals surface area contributed by atoms with Crippen LogP contribution in [-0.2, 0) is 26.6 Å². The highest BCUT2D eigenvalue weighted by Gasteiger charge is 2.24. The molecule has 0 atom stereocenters. The van der Waals surface area contributed by atoms with Gasteiger partial charge in [0.15, 0.2) is 0 Å². The van der Waals surface area contributed by atoms with Crippen LogP contribution in [0.2, 0.25) is 0 Å². The minimum Gasteiger partial charge on any atom is -0.358 e. The molecular formula is C14H13FN2O6S. The van der Waals surface area contributed by atoms with E-state index >= 15 is 0 Å². The molecule has 0 radical (unpaired) electrons. The zero-order valence-electron chi connectivity index (χ0n) is 12.7. The molecule has 0 fully saturated rings. The van der Waals surface area contributed by atoms with E-state index in [0.717, 1.165) is 29.2 Å². The van der Waals surface area contributed by atoms with E-state index in [0.29, 0.717) is 0 Å². The van der Waals surface area contributed by atoms with E-state index in [9.17, 15) is 26.7 Å². The number of hydrogen-bond acceptors (Lipinski definition) is 6. The highest BCUT2D eigenvalue weighted by molar-refractivity contribution is 7.81. The van der Waals surface area contributed by atoms with Crippen molar-refractivity contribution in [2.45, 2.75) is 6.54 Å². The monoisotopic (exact) mass is 356 g/mol. The zero-order valence-corrected chi connectivity index (χ0v) is 13.5. The first kappa shape index (κ1) is 17.6. The van der Waals surface area contributed by atoms with Gasteiger partial charge in [0, 0.05) is 31.8 Å². The summed E-state index contributed by atoms with van der Waals surface area (Å²) in [6.07, 6.45) is 2.17. The summed E-state index contributed by atoms with van der Waals surface area (Å²) in [7, 11) is -2.35. The van der Waals surface area contributed by atoms with Crippen molar-refractivity contribution in [2.24, 2.45) is 0 Å². The molecule has 0 aliphatic carbocycles. The summed E-state index contributed by atoms with van der Waals surface area (Å²) in [5, 5.41) is 0. The number of amides is 3. The predicted octanol–water partition coefficient (Wildman–Crippen LogP) is 0.406. The molecule has 1 aliphatic rings. The topological polar surface area (TPSA) is 101 Å². The standard InChI is InChI=1S/C14H13FN2O6S/c1-16(2)14(20)10-5-9(6-11(7-10)23-24(15,21)22)8-17-12(18)3-4-13(17)19/h3-7H,8H2,1-2H3. The van der Waals surface area contributed by atoms with E-state index in [2.05, 4.69) is 4.18 Å². The van der Waals surface area contributed by atoms with Gasteiger partial charge in [-0.3, -0.25) is 19.3 Å². The van der Waals surface area contributed by atoms with Crippen molar-refractivity contribution in [1.29, 1.82) is 0 Å². The van der Waals surface area contributed by atoms with Crippen molar-refractivity contribution in [1.82, 2.24) is 9.80 Å². The van der Waals surface area contributed by atoms with Gasteiger partial charge >= 0.3 is 10.5 Å². The molecule has 1 heterocycles. The fraction of sp³-hybridized carbons (Fsp3) is 0.214. The van der Waals surface area contributed by atoms with Gasteiger partial charge in [-0.25, -0.2) is 0 Å². The summed E-state index contributed by atoms with van der Waals surface area (Å²) in [5.74, 6) is -2.03. The van der Waals surface area contributed by atoms with E-state index in [1.165, 1.54) is 25.1 Å². The maximum atomic E-state index is 12.8. The summed E-state index contributed by atoms with van der Waals surface area (Å²) < 4.78 is 38.2. The lowest BCUT2D eigenvalue weighted by Gasteiger charge is -2.16. The van der Waals surface area contributed by atoms with Crippen LogP contribution in [0.3, 0.4) is 0 Å². The minimum atomic E-state index is -5.29. The molecule has 0 bridgehead atoms. The van der Waals surface area contributed by atoms with Gasteiger partial charge in [-0.2, -0.15) is 8.42 Å². The van der Waals surface area contributed by atoms with Crippen LogP contribution in [0.5, 0.6) is 5.75 Å². The lowest BCUT2D eigenvalue weighted by molar-refractivity contribution is -0.137. The molecule has 0 N–H and O–H groups in total. The molecule has 3 amide bonds. The third kappa shape index (κ3) is 4.16. The van der Waals surface area contributed by atoms with E-state index in [1.807, 2.05) is 0 Å². The molecule has 0 spiro atoms. The van der Waals surface area contributed by atoms with Crippen molar-refractivity contribution >= 4 is 28.2 Å². The van der Waals surface area contributed by atoms with Crippen molar-refractivity contribution < 1.29 is 30.9 Å². The molecule has 0 unspecified atom stereocenters. The smallest absolute Gasteiger partial charge is 0.358 e. The molecule has 10 heteroatoms. The Balaban J connectivity index is 2.40. The molecule has 0 saturated heterocycles. The lowest BCUT2D eigenvalue weighted by atomic mass is 10.1. The first-order valence-corrected chi connectivity index (χ1v) is 7.91. The van der Waals surface area contributed by atoms with Crippen LogP contribution in [0.15, 0.2) is 30.4 Å². The van der Waals surface area contributed by atoms with E-state index in [1.54, 1.807) is 0 Å². The minimum absolute atomic E-state index is 0.0169. The number of carbonyl (C=O) groups is 3. The Morgan fingerprint density at radius 2 is 1.75 bits per heavy atom. The molecule has 0 saturated carbocycles. The van der Waals surface area contributed by atoms with Gasteiger partial charge in [0.1, 0.15) is 5.75 Å². The molecule has 24 heavy (non-hydrogen) atoms. The predicted molar refractivity (Wildman–Crippen MR) is 79.8 cm³/mol. The molecule has 8 nitrogen and oxygen atoms in total. The first-order chi connectivity index (χ1) is 11.1. The van der Waals surface area contributed by atoms with Crippen LogP contribution in [0.1, 0.15) is 15.9 Å². The molecule has 128 valence electrons. The Labute approximate surface area is 137 Å². The van der Waals surface area contributed by atoms with Gasteiger partial charge in [-0.1, -0.05) is 3.89 Å². The van der Waals surface area contributed by atoms with Crippen LogP contribution in [-0.4, -0.2) is 50.0 Å². The van der Waals surface area contributed by atoms with Crippen LogP contribution in [0.25, 0.3) is 0 Å². The SMILES string of the molecule is CN(C)C(=O)c1cc(CN2C(=O)C=CC2=O)cc(OS(=O)(=O)F)c1. The lowest BCUT2D eigenvalue weighted by Crippen LogP contribution is -2.29. The van der Waals surface area contributed by atoms with Crippen molar-refractivity contribution in [2.75, 3.05) is 14.1 Å². The average Bonchev–Trinajstić information content (AvgIpc) is 2.76. The number of halogens is 1. The van der Waals surface area contributed by atoms with Crippen molar-refractivity contribution in [3.63, 3.8) is 0 Å². The summed E-state index contributed by atoms with van der Waals surface area (Å²) in [6.45, 7) is -0.220. The Morgan fingerprint density at radius 3 is 2.25 bits per heavy atom. The summed E-state index contributed by atoms with van der Waals surface area (Å²) in [4.78, 5) is 37.3. The Kier molecular flexibility index (Phi) is 4.69. The molecular weight excluding hydrogens is 343 g/mol. The van der Waals surface area contributed by atoms with Crippen LogP contribution in [0, 0.1) is 0 Å². The zero-order chi connectivity index (χ0) is 18.1. The average molecular weight is 356 g/mol. The quantitative estimate of drug-likeness (QED) is 0.559. The molecule has 1 aromatic carbocycles. The number of nitrogens with zero attached hydrogens (tertiary/aromatic N) is 2. The second-order valence-corrected chi connectivity index (χ2v) is 6.09. The number of rotatable bonds is 5. The number of imide groups is 1. The second-order valence-electron chi connectivity index (χ2n) is 5.14. The van der Waals surface area contributed by atoms with Gasteiger partial charge in [0.2, 0.25) is 0 Å². The van der Waals surface area contributed by atoms with Gasteiger partial charge < -0.3 is 9.08 Å². The summed E-state index contributed by atoms with van der Waals surface area (Å²) in [6, 6.07) is 3.54. The summed E-state index contributed by atoms with van der Waals surface area (Å²) in [5.41, 5.74) is 0.245. The number of hydrogen-bond donors (Lipinski definition) is 0. The van der Waals surface area contributed by atoms with Crippen molar-refractivity contribution in [3.05, 3.63) is 41.5 Å². The van der Waals surface area contributed by atoms with E-state index in [-0.39, 0.29) is 17.7 Å². The molecule has 2 rings (SSSR count). The molecule has 1 aliphatic heterocycles. The maximum absolute atomic E-state index is 12.8. The van der Waals surface area contributed by atoms with Crippen LogP contribution >= 0.6 is 0 Å². The van der Waals surface area contributed by atoms with E-state index in [4.69, 9.17) is 0 Å². The Hall–Kier alpha value is -2.75. The maximum Gasteiger partial charge on any atom is 0.488 e. The third-order valence-corrected chi connectivity index (χ3v) is 3.45. The van der Waals surface area contributed by atoms with Crippen LogP contribution in [0.4, 0.5) is 3.89 Å². The first-order valence-electron chi connectivity index (χ1n) is 6.60. The Morgan fingerprint density at radius 1 is 1.17 bits per heavy atom. The fourth-order valence-corrected chi connectivity index (χ4v) is 2.39. The van der Waals surface area contributed by atoms with Crippen LogP contribution < -0.4 is 4.18 Å².